The first-order chi connectivity index (χ1) is 22.4. The molecule has 2 heterocycles. The van der Waals surface area contributed by atoms with E-state index in [0.29, 0.717) is 38.0 Å². The molecule has 8 rings (SSSR count). The van der Waals surface area contributed by atoms with E-state index in [1.165, 1.54) is 38.5 Å². The molecule has 46 heavy (non-hydrogen) atoms. The highest BCUT2D eigenvalue weighted by molar-refractivity contribution is 5.94. The minimum atomic E-state index is 0.137. The Morgan fingerprint density at radius 2 is 1.59 bits per heavy atom. The Morgan fingerprint density at radius 1 is 0.913 bits per heavy atom. The summed E-state index contributed by atoms with van der Waals surface area (Å²) >= 11 is 0. The van der Waals surface area contributed by atoms with Crippen LogP contribution in [-0.4, -0.2) is 73.0 Å². The minimum Gasteiger partial charge on any atom is -0.492 e. The molecule has 242 valence electrons. The topological polar surface area (TPSA) is 66.0 Å². The summed E-state index contributed by atoms with van der Waals surface area (Å²) in [4.78, 5) is 37.4. The van der Waals surface area contributed by atoms with E-state index in [0.717, 1.165) is 71.1 Å². The van der Waals surface area contributed by atoms with E-state index in [2.05, 4.69) is 34.1 Å². The second-order valence-corrected chi connectivity index (χ2v) is 14.5. The number of nitrogens with zero attached hydrogens (tertiary/aromatic N) is 4. The number of aromatic nitrogens is 1. The molecule has 0 radical (unpaired) electrons. The Labute approximate surface area is 273 Å². The highest BCUT2D eigenvalue weighted by atomic mass is 16.5. The molecule has 3 aromatic rings. The molecule has 2 aromatic carbocycles. The van der Waals surface area contributed by atoms with Crippen molar-refractivity contribution in [3.8, 4) is 16.9 Å². The van der Waals surface area contributed by atoms with Crippen LogP contribution in [0.3, 0.4) is 0 Å². The molecule has 0 unspecified atom stereocenters. The number of aryl methyl sites for hydroxylation is 1. The Balaban J connectivity index is 0.903. The minimum absolute atomic E-state index is 0.137. The van der Waals surface area contributed by atoms with Gasteiger partial charge in [0.05, 0.1) is 12.8 Å². The van der Waals surface area contributed by atoms with Gasteiger partial charge in [-0.2, -0.15) is 0 Å². The molecule has 4 aliphatic carbocycles. The van der Waals surface area contributed by atoms with Crippen molar-refractivity contribution in [2.75, 3.05) is 51.3 Å². The van der Waals surface area contributed by atoms with Crippen molar-refractivity contribution >= 4 is 17.5 Å². The van der Waals surface area contributed by atoms with Gasteiger partial charge in [-0.25, -0.2) is 0 Å². The maximum Gasteiger partial charge on any atom is 0.253 e. The van der Waals surface area contributed by atoms with E-state index in [4.69, 9.17) is 4.74 Å². The average Bonchev–Trinajstić information content (AvgIpc) is 3.06. The summed E-state index contributed by atoms with van der Waals surface area (Å²) in [5.74, 6) is 3.78. The smallest absolute Gasteiger partial charge is 0.253 e. The summed E-state index contributed by atoms with van der Waals surface area (Å²) in [6, 6.07) is 18.4. The molecule has 0 spiro atoms. The number of pyridine rings is 1. The van der Waals surface area contributed by atoms with Gasteiger partial charge in [-0.15, -0.1) is 0 Å². The molecule has 4 saturated carbocycles. The van der Waals surface area contributed by atoms with Gasteiger partial charge in [-0.05, 0) is 116 Å². The van der Waals surface area contributed by atoms with E-state index in [1.807, 2.05) is 60.3 Å². The zero-order chi connectivity index (χ0) is 31.7. The number of benzene rings is 2. The Morgan fingerprint density at radius 3 is 2.26 bits per heavy atom. The number of hydrogen-bond donors (Lipinski definition) is 0. The van der Waals surface area contributed by atoms with Gasteiger partial charge in [-0.3, -0.25) is 14.6 Å². The third-order valence-electron chi connectivity index (χ3n) is 11.2. The van der Waals surface area contributed by atoms with Crippen LogP contribution >= 0.6 is 0 Å². The van der Waals surface area contributed by atoms with E-state index >= 15 is 0 Å². The lowest BCUT2D eigenvalue weighted by atomic mass is 9.49. The highest BCUT2D eigenvalue weighted by Crippen LogP contribution is 2.60. The van der Waals surface area contributed by atoms with Crippen molar-refractivity contribution in [2.24, 2.45) is 23.2 Å². The van der Waals surface area contributed by atoms with Crippen LogP contribution in [0.5, 0.6) is 5.75 Å². The molecule has 1 aliphatic heterocycles. The van der Waals surface area contributed by atoms with E-state index in [9.17, 15) is 9.59 Å². The maximum atomic E-state index is 13.4. The standard InChI is InChI=1S/C39H48N4O3/c1-3-46-35-21-33(25-40-26-35)36-7-5-4-6-31(36)10-13-37(44)43-16-14-42(15-17-43)34-11-8-32(9-12-34)38(45)41(2)27-39-22-28-18-29(23-39)20-30(19-28)24-39/h4-9,11-12,21,25-26,28-30H,3,10,13-20,22-24,27H2,1-2H3. The van der Waals surface area contributed by atoms with Crippen LogP contribution in [0, 0.1) is 23.2 Å². The van der Waals surface area contributed by atoms with Crippen LogP contribution in [0.15, 0.2) is 67.0 Å². The van der Waals surface area contributed by atoms with Crippen molar-refractivity contribution in [1.29, 1.82) is 0 Å². The summed E-state index contributed by atoms with van der Waals surface area (Å²) in [5, 5.41) is 0. The molecule has 0 atom stereocenters. The molecule has 7 nitrogen and oxygen atoms in total. The third-order valence-corrected chi connectivity index (χ3v) is 11.2. The van der Waals surface area contributed by atoms with Crippen molar-refractivity contribution in [3.63, 3.8) is 0 Å². The summed E-state index contributed by atoms with van der Waals surface area (Å²) in [6.07, 6.45) is 13.0. The van der Waals surface area contributed by atoms with Crippen LogP contribution in [0.4, 0.5) is 5.69 Å². The number of amides is 2. The Bertz CT molecular complexity index is 1510. The third kappa shape index (κ3) is 6.51. The first kappa shape index (κ1) is 30.8. The summed E-state index contributed by atoms with van der Waals surface area (Å²) in [5.41, 5.74) is 5.48. The molecule has 2 amide bonds. The predicted octanol–water partition coefficient (Wildman–Crippen LogP) is 6.72. The van der Waals surface area contributed by atoms with Crippen molar-refractivity contribution in [1.82, 2.24) is 14.8 Å². The largest absolute Gasteiger partial charge is 0.492 e. The zero-order valence-electron chi connectivity index (χ0n) is 27.5. The number of anilines is 1. The summed E-state index contributed by atoms with van der Waals surface area (Å²) in [7, 11) is 2.00. The van der Waals surface area contributed by atoms with Crippen molar-refractivity contribution in [3.05, 3.63) is 78.1 Å². The average molecular weight is 621 g/mol. The van der Waals surface area contributed by atoms with Gasteiger partial charge >= 0.3 is 0 Å². The van der Waals surface area contributed by atoms with Crippen LogP contribution in [0.1, 0.15) is 67.8 Å². The molecule has 5 fully saturated rings. The molecule has 7 heteroatoms. The number of carbonyl (C=O) groups is 2. The molecule has 1 saturated heterocycles. The van der Waals surface area contributed by atoms with Crippen molar-refractivity contribution < 1.29 is 14.3 Å². The molecular formula is C39H48N4O3. The lowest BCUT2D eigenvalue weighted by molar-refractivity contribution is -0.131. The summed E-state index contributed by atoms with van der Waals surface area (Å²) in [6.45, 7) is 6.45. The number of ether oxygens (including phenoxy) is 1. The Hall–Kier alpha value is -3.87. The SMILES string of the molecule is CCOc1cncc(-c2ccccc2CCC(=O)N2CCN(c3ccc(C(=O)N(C)CC45CC6CC(CC(C6)C4)C5)cc3)CC2)c1. The molecule has 5 aliphatic rings. The molecule has 4 bridgehead atoms. The van der Waals surface area contributed by atoms with Gasteiger partial charge in [0.1, 0.15) is 5.75 Å². The normalized spacial score (nSPS) is 25.0. The maximum absolute atomic E-state index is 13.4. The quantitative estimate of drug-likeness (QED) is 0.252. The predicted molar refractivity (Wildman–Crippen MR) is 182 cm³/mol. The van der Waals surface area contributed by atoms with Gasteiger partial charge < -0.3 is 19.4 Å². The number of piperazine rings is 1. The van der Waals surface area contributed by atoms with Crippen molar-refractivity contribution in [2.45, 2.75) is 58.3 Å². The fourth-order valence-electron chi connectivity index (χ4n) is 9.54. The molecule has 1 aromatic heterocycles. The lowest BCUT2D eigenvalue weighted by Gasteiger charge is -2.57. The molecular weight excluding hydrogens is 572 g/mol. The second-order valence-electron chi connectivity index (χ2n) is 14.5. The highest BCUT2D eigenvalue weighted by Gasteiger charge is 2.51. The van der Waals surface area contributed by atoms with Crippen LogP contribution in [0.25, 0.3) is 11.1 Å². The lowest BCUT2D eigenvalue weighted by Crippen LogP contribution is -2.51. The first-order valence-electron chi connectivity index (χ1n) is 17.4. The van der Waals surface area contributed by atoms with Gasteiger partial charge in [0.15, 0.2) is 0 Å². The van der Waals surface area contributed by atoms with Gasteiger partial charge in [0, 0.05) is 69.2 Å². The first-order valence-corrected chi connectivity index (χ1v) is 17.4. The molecule has 0 N–H and O–H groups in total. The zero-order valence-corrected chi connectivity index (χ0v) is 27.5. The number of hydrogen-bond acceptors (Lipinski definition) is 5. The van der Waals surface area contributed by atoms with Gasteiger partial charge in [0.25, 0.3) is 5.91 Å². The van der Waals surface area contributed by atoms with E-state index in [1.54, 1.807) is 6.20 Å². The monoisotopic (exact) mass is 620 g/mol. The van der Waals surface area contributed by atoms with Crippen LogP contribution in [-0.2, 0) is 11.2 Å². The fourth-order valence-corrected chi connectivity index (χ4v) is 9.54. The number of rotatable bonds is 10. The Kier molecular flexibility index (Phi) is 8.76. The van der Waals surface area contributed by atoms with Gasteiger partial charge in [0.2, 0.25) is 5.91 Å². The second kappa shape index (κ2) is 13.1. The van der Waals surface area contributed by atoms with Gasteiger partial charge in [-0.1, -0.05) is 24.3 Å². The van der Waals surface area contributed by atoms with E-state index in [-0.39, 0.29) is 11.8 Å². The number of carbonyl (C=O) groups excluding carboxylic acids is 2. The van der Waals surface area contributed by atoms with E-state index < -0.39 is 0 Å². The van der Waals surface area contributed by atoms with Crippen LogP contribution in [0.2, 0.25) is 0 Å². The van der Waals surface area contributed by atoms with Crippen LogP contribution < -0.4 is 9.64 Å². The summed E-state index contributed by atoms with van der Waals surface area (Å²) < 4.78 is 5.65. The fraction of sp³-hybridized carbons (Fsp3) is 0.513.